The molecule has 2 unspecified atom stereocenters. The van der Waals surface area contributed by atoms with Crippen LogP contribution in [0.1, 0.15) is 31.7 Å². The lowest BCUT2D eigenvalue weighted by atomic mass is 10.1. The van der Waals surface area contributed by atoms with Gasteiger partial charge in [0.1, 0.15) is 5.82 Å². The van der Waals surface area contributed by atoms with Crippen LogP contribution in [0, 0.1) is 11.7 Å². The summed E-state index contributed by atoms with van der Waals surface area (Å²) >= 11 is 6.03. The van der Waals surface area contributed by atoms with E-state index in [1.807, 2.05) is 6.07 Å². The molecule has 0 bridgehead atoms. The third-order valence-corrected chi connectivity index (χ3v) is 3.40. The van der Waals surface area contributed by atoms with Crippen molar-refractivity contribution in [2.75, 3.05) is 6.54 Å². The Balaban J connectivity index is 1.95. The van der Waals surface area contributed by atoms with E-state index in [1.54, 1.807) is 0 Å². The number of benzene rings is 1. The highest BCUT2D eigenvalue weighted by Crippen LogP contribution is 2.49. The molecule has 0 heterocycles. The van der Waals surface area contributed by atoms with Crippen LogP contribution in [0.3, 0.4) is 0 Å². The zero-order chi connectivity index (χ0) is 11.7. The van der Waals surface area contributed by atoms with Crippen molar-refractivity contribution in [1.29, 1.82) is 0 Å². The van der Waals surface area contributed by atoms with E-state index in [4.69, 9.17) is 11.6 Å². The van der Waals surface area contributed by atoms with Gasteiger partial charge >= 0.3 is 0 Å². The van der Waals surface area contributed by atoms with Crippen molar-refractivity contribution >= 4 is 11.6 Å². The molecule has 2 rings (SSSR count). The van der Waals surface area contributed by atoms with Gasteiger partial charge in [-0.1, -0.05) is 31.5 Å². The van der Waals surface area contributed by atoms with Gasteiger partial charge in [-0.15, -0.1) is 0 Å². The Bertz CT molecular complexity index is 378. The SMILES string of the molecule is CC(C)NCC1CC1c1ccc(F)cc1Cl. The predicted octanol–water partition coefficient (Wildman–Crippen LogP) is 3.58. The molecule has 16 heavy (non-hydrogen) atoms. The summed E-state index contributed by atoms with van der Waals surface area (Å²) in [4.78, 5) is 0. The van der Waals surface area contributed by atoms with Gasteiger partial charge in [0.2, 0.25) is 0 Å². The lowest BCUT2D eigenvalue weighted by Crippen LogP contribution is -2.25. The zero-order valence-electron chi connectivity index (χ0n) is 9.63. The van der Waals surface area contributed by atoms with Crippen LogP contribution in [-0.4, -0.2) is 12.6 Å². The number of hydrogen-bond acceptors (Lipinski definition) is 1. The molecule has 1 saturated carbocycles. The Morgan fingerprint density at radius 3 is 2.88 bits per heavy atom. The molecule has 88 valence electrons. The highest BCUT2D eigenvalue weighted by Gasteiger charge is 2.38. The van der Waals surface area contributed by atoms with E-state index in [2.05, 4.69) is 19.2 Å². The van der Waals surface area contributed by atoms with Crippen LogP contribution in [-0.2, 0) is 0 Å². The summed E-state index contributed by atoms with van der Waals surface area (Å²) < 4.78 is 12.9. The molecule has 0 aliphatic heterocycles. The van der Waals surface area contributed by atoms with Crippen LogP contribution in [0.5, 0.6) is 0 Å². The summed E-state index contributed by atoms with van der Waals surface area (Å²) in [6, 6.07) is 5.23. The topological polar surface area (TPSA) is 12.0 Å². The van der Waals surface area contributed by atoms with E-state index in [-0.39, 0.29) is 5.82 Å². The fourth-order valence-corrected chi connectivity index (χ4v) is 2.35. The second-order valence-corrected chi connectivity index (χ2v) is 5.24. The fourth-order valence-electron chi connectivity index (χ4n) is 2.04. The minimum absolute atomic E-state index is 0.258. The maximum Gasteiger partial charge on any atom is 0.124 e. The lowest BCUT2D eigenvalue weighted by Gasteiger charge is -2.08. The maximum absolute atomic E-state index is 12.9. The van der Waals surface area contributed by atoms with Crippen LogP contribution in [0.15, 0.2) is 18.2 Å². The highest BCUT2D eigenvalue weighted by atomic mass is 35.5. The smallest absolute Gasteiger partial charge is 0.124 e. The van der Waals surface area contributed by atoms with E-state index in [9.17, 15) is 4.39 Å². The molecule has 1 fully saturated rings. The molecule has 0 saturated heterocycles. The first-order valence-electron chi connectivity index (χ1n) is 5.76. The van der Waals surface area contributed by atoms with Crippen molar-refractivity contribution in [3.05, 3.63) is 34.6 Å². The van der Waals surface area contributed by atoms with Gasteiger partial charge < -0.3 is 5.32 Å². The van der Waals surface area contributed by atoms with Gasteiger partial charge in [0, 0.05) is 11.1 Å². The molecule has 0 amide bonds. The summed E-state index contributed by atoms with van der Waals surface area (Å²) in [5.41, 5.74) is 1.10. The molecule has 1 aromatic rings. The quantitative estimate of drug-likeness (QED) is 0.850. The summed E-state index contributed by atoms with van der Waals surface area (Å²) in [7, 11) is 0. The van der Waals surface area contributed by atoms with Crippen molar-refractivity contribution < 1.29 is 4.39 Å². The van der Waals surface area contributed by atoms with Crippen LogP contribution >= 0.6 is 11.6 Å². The number of hydrogen-bond donors (Lipinski definition) is 1. The number of halogens is 2. The molecule has 1 aliphatic carbocycles. The second kappa shape index (κ2) is 4.72. The molecule has 2 atom stereocenters. The molecular weight excluding hydrogens is 225 g/mol. The summed E-state index contributed by atoms with van der Waals surface area (Å²) in [5.74, 6) is 0.913. The summed E-state index contributed by atoms with van der Waals surface area (Å²) in [6.07, 6.45) is 1.16. The molecule has 1 aromatic carbocycles. The van der Waals surface area contributed by atoms with Gasteiger partial charge in [-0.3, -0.25) is 0 Å². The van der Waals surface area contributed by atoms with Gasteiger partial charge in [-0.05, 0) is 42.5 Å². The minimum Gasteiger partial charge on any atom is -0.314 e. The average Bonchev–Trinajstić information content (AvgIpc) is 2.94. The van der Waals surface area contributed by atoms with Crippen molar-refractivity contribution in [3.63, 3.8) is 0 Å². The second-order valence-electron chi connectivity index (χ2n) is 4.83. The van der Waals surface area contributed by atoms with E-state index in [1.165, 1.54) is 12.1 Å². The van der Waals surface area contributed by atoms with Crippen LogP contribution < -0.4 is 5.32 Å². The molecule has 1 nitrogen and oxygen atoms in total. The fraction of sp³-hybridized carbons (Fsp3) is 0.538. The normalized spacial score (nSPS) is 23.8. The van der Waals surface area contributed by atoms with Crippen molar-refractivity contribution in [2.24, 2.45) is 5.92 Å². The molecule has 1 aliphatic rings. The minimum atomic E-state index is -0.258. The lowest BCUT2D eigenvalue weighted by molar-refractivity contribution is 0.554. The van der Waals surface area contributed by atoms with Crippen LogP contribution in [0.25, 0.3) is 0 Å². The first-order chi connectivity index (χ1) is 7.58. The third kappa shape index (κ3) is 2.74. The van der Waals surface area contributed by atoms with E-state index >= 15 is 0 Å². The molecule has 3 heteroatoms. The van der Waals surface area contributed by atoms with Gasteiger partial charge in [-0.25, -0.2) is 4.39 Å². The maximum atomic E-state index is 12.9. The van der Waals surface area contributed by atoms with E-state index in [0.717, 1.165) is 18.5 Å². The standard InChI is InChI=1S/C13H17ClFN/c1-8(2)16-7-9-5-12(9)11-4-3-10(15)6-13(11)14/h3-4,6,8-9,12,16H,5,7H2,1-2H3. The Hall–Kier alpha value is -0.600. The number of rotatable bonds is 4. The van der Waals surface area contributed by atoms with Gasteiger partial charge in [0.15, 0.2) is 0 Å². The first-order valence-corrected chi connectivity index (χ1v) is 6.14. The zero-order valence-corrected chi connectivity index (χ0v) is 10.4. The van der Waals surface area contributed by atoms with Crippen molar-refractivity contribution in [1.82, 2.24) is 5.32 Å². The summed E-state index contributed by atoms with van der Waals surface area (Å²) in [5, 5.41) is 3.99. The van der Waals surface area contributed by atoms with Crippen molar-refractivity contribution in [2.45, 2.75) is 32.2 Å². The Labute approximate surface area is 101 Å². The van der Waals surface area contributed by atoms with Crippen LogP contribution in [0.4, 0.5) is 4.39 Å². The van der Waals surface area contributed by atoms with E-state index in [0.29, 0.717) is 22.9 Å². The Morgan fingerprint density at radius 2 is 2.25 bits per heavy atom. The van der Waals surface area contributed by atoms with Crippen LogP contribution in [0.2, 0.25) is 5.02 Å². The molecular formula is C13H17ClFN. The van der Waals surface area contributed by atoms with Gasteiger partial charge in [0.05, 0.1) is 0 Å². The van der Waals surface area contributed by atoms with Gasteiger partial charge in [-0.2, -0.15) is 0 Å². The van der Waals surface area contributed by atoms with Crippen molar-refractivity contribution in [3.8, 4) is 0 Å². The average molecular weight is 242 g/mol. The predicted molar refractivity (Wildman–Crippen MR) is 65.4 cm³/mol. The monoisotopic (exact) mass is 241 g/mol. The van der Waals surface area contributed by atoms with Gasteiger partial charge in [0.25, 0.3) is 0 Å². The first kappa shape index (κ1) is 11.9. The Kier molecular flexibility index (Phi) is 3.50. The summed E-state index contributed by atoms with van der Waals surface area (Å²) in [6.45, 7) is 5.31. The largest absolute Gasteiger partial charge is 0.314 e. The molecule has 0 spiro atoms. The molecule has 0 aromatic heterocycles. The molecule has 1 N–H and O–H groups in total. The molecule has 0 radical (unpaired) electrons. The van der Waals surface area contributed by atoms with E-state index < -0.39 is 0 Å². The highest BCUT2D eigenvalue weighted by molar-refractivity contribution is 6.31. The Morgan fingerprint density at radius 1 is 1.50 bits per heavy atom. The third-order valence-electron chi connectivity index (χ3n) is 3.07. The number of nitrogens with one attached hydrogen (secondary N) is 1.